The van der Waals surface area contributed by atoms with E-state index >= 15 is 0 Å². The Morgan fingerprint density at radius 1 is 1.12 bits per heavy atom. The van der Waals surface area contributed by atoms with Gasteiger partial charge in [-0.05, 0) is 55.2 Å². The van der Waals surface area contributed by atoms with E-state index in [1.165, 1.54) is 40.6 Å². The van der Waals surface area contributed by atoms with Crippen LogP contribution in [0.1, 0.15) is 48.6 Å². The smallest absolute Gasteiger partial charge is 0.0491 e. The van der Waals surface area contributed by atoms with Crippen molar-refractivity contribution in [1.29, 1.82) is 0 Å². The van der Waals surface area contributed by atoms with Gasteiger partial charge in [0.25, 0.3) is 0 Å². The van der Waals surface area contributed by atoms with Crippen molar-refractivity contribution in [3.63, 3.8) is 0 Å². The predicted octanol–water partition coefficient (Wildman–Crippen LogP) is 4.47. The van der Waals surface area contributed by atoms with Crippen LogP contribution in [-0.2, 0) is 6.42 Å². The van der Waals surface area contributed by atoms with Crippen LogP contribution in [0, 0.1) is 19.8 Å². The second kappa shape index (κ2) is 3.63. The molecule has 17 heavy (non-hydrogen) atoms. The van der Waals surface area contributed by atoms with Crippen molar-refractivity contribution in [2.75, 3.05) is 0 Å². The number of aryl methyl sites for hydroxylation is 2. The first kappa shape index (κ1) is 10.9. The molecule has 1 heteroatoms. The van der Waals surface area contributed by atoms with E-state index in [4.69, 9.17) is 0 Å². The fraction of sp³-hybridized carbons (Fsp3) is 0.500. The Morgan fingerprint density at radius 3 is 2.59 bits per heavy atom. The molecule has 2 atom stereocenters. The monoisotopic (exact) mass is 227 g/mol. The van der Waals surface area contributed by atoms with Gasteiger partial charge in [0.15, 0.2) is 0 Å². The highest BCUT2D eigenvalue weighted by atomic mass is 14.7. The molecule has 2 aromatic rings. The fourth-order valence-electron chi connectivity index (χ4n) is 3.55. The Kier molecular flexibility index (Phi) is 2.32. The summed E-state index contributed by atoms with van der Waals surface area (Å²) in [6, 6.07) is 4.49. The summed E-state index contributed by atoms with van der Waals surface area (Å²) in [5, 5.41) is 1.50. The van der Waals surface area contributed by atoms with Crippen LogP contribution < -0.4 is 0 Å². The zero-order valence-electron chi connectivity index (χ0n) is 11.2. The molecule has 90 valence electrons. The third kappa shape index (κ3) is 1.52. The average molecular weight is 227 g/mol. The maximum absolute atomic E-state index is 3.69. The van der Waals surface area contributed by atoms with Crippen LogP contribution in [0.4, 0.5) is 0 Å². The summed E-state index contributed by atoms with van der Waals surface area (Å²) < 4.78 is 0. The minimum absolute atomic E-state index is 0.697. The van der Waals surface area contributed by atoms with Crippen molar-refractivity contribution in [2.24, 2.45) is 5.92 Å². The predicted molar refractivity (Wildman–Crippen MR) is 73.7 cm³/mol. The van der Waals surface area contributed by atoms with Crippen LogP contribution in [0.25, 0.3) is 10.9 Å². The second-order valence-electron chi connectivity index (χ2n) is 5.91. The first-order valence-electron chi connectivity index (χ1n) is 6.68. The molecule has 1 N–H and O–H groups in total. The molecule has 0 radical (unpaired) electrons. The number of rotatable bonds is 0. The van der Waals surface area contributed by atoms with Crippen molar-refractivity contribution in [2.45, 2.75) is 46.5 Å². The van der Waals surface area contributed by atoms with Gasteiger partial charge in [-0.25, -0.2) is 0 Å². The van der Waals surface area contributed by atoms with Crippen LogP contribution >= 0.6 is 0 Å². The Labute approximate surface area is 103 Å². The van der Waals surface area contributed by atoms with Gasteiger partial charge in [-0.1, -0.05) is 26.0 Å². The molecule has 1 aromatic heterocycles. The van der Waals surface area contributed by atoms with E-state index in [-0.39, 0.29) is 0 Å². The first-order chi connectivity index (χ1) is 8.08. The van der Waals surface area contributed by atoms with Crippen LogP contribution in [0.15, 0.2) is 12.1 Å². The Hall–Kier alpha value is -1.24. The summed E-state index contributed by atoms with van der Waals surface area (Å²) in [4.78, 5) is 3.69. The van der Waals surface area contributed by atoms with Crippen LogP contribution in [-0.4, -0.2) is 4.98 Å². The highest BCUT2D eigenvalue weighted by Crippen LogP contribution is 2.40. The second-order valence-corrected chi connectivity index (χ2v) is 5.91. The number of H-pyrrole nitrogens is 1. The lowest BCUT2D eigenvalue weighted by atomic mass is 9.80. The highest BCUT2D eigenvalue weighted by molar-refractivity contribution is 5.90. The van der Waals surface area contributed by atoms with E-state index in [2.05, 4.69) is 44.8 Å². The number of nitrogens with one attached hydrogen (secondary N) is 1. The molecule has 3 rings (SSSR count). The first-order valence-corrected chi connectivity index (χ1v) is 6.68. The van der Waals surface area contributed by atoms with Crippen molar-refractivity contribution >= 4 is 10.9 Å². The molecule has 1 heterocycles. The quantitative estimate of drug-likeness (QED) is 0.683. The largest absolute Gasteiger partial charge is 0.358 e. The summed E-state index contributed by atoms with van der Waals surface area (Å²) in [6.45, 7) is 9.19. The summed E-state index contributed by atoms with van der Waals surface area (Å²) >= 11 is 0. The van der Waals surface area contributed by atoms with Crippen molar-refractivity contribution in [3.05, 3.63) is 34.5 Å². The highest BCUT2D eigenvalue weighted by Gasteiger charge is 2.26. The van der Waals surface area contributed by atoms with E-state index in [0.29, 0.717) is 5.92 Å². The molecule has 1 aromatic carbocycles. The Balaban J connectivity index is 2.36. The maximum atomic E-state index is 3.69. The molecule has 0 saturated heterocycles. The molecule has 1 aliphatic rings. The van der Waals surface area contributed by atoms with Crippen LogP contribution in [0.3, 0.4) is 0 Å². The maximum Gasteiger partial charge on any atom is 0.0491 e. The molecule has 1 nitrogen and oxygen atoms in total. The lowest BCUT2D eigenvalue weighted by molar-refractivity contribution is 0.448. The molecule has 0 spiro atoms. The van der Waals surface area contributed by atoms with Crippen LogP contribution in [0.5, 0.6) is 0 Å². The molecular weight excluding hydrogens is 206 g/mol. The van der Waals surface area contributed by atoms with E-state index in [1.54, 1.807) is 5.56 Å². The van der Waals surface area contributed by atoms with Crippen molar-refractivity contribution in [1.82, 2.24) is 4.98 Å². The van der Waals surface area contributed by atoms with Gasteiger partial charge < -0.3 is 4.98 Å². The van der Waals surface area contributed by atoms with Gasteiger partial charge in [-0.15, -0.1) is 0 Å². The van der Waals surface area contributed by atoms with Gasteiger partial charge in [0.2, 0.25) is 0 Å². The SMILES string of the molecule is Cc1ccc(C)c2c3c([nH]c12)CC(C)CC3C. The third-order valence-electron chi connectivity index (χ3n) is 4.29. The van der Waals surface area contributed by atoms with E-state index in [9.17, 15) is 0 Å². The molecule has 0 fully saturated rings. The number of aromatic nitrogens is 1. The number of fused-ring (bicyclic) bond motifs is 3. The topological polar surface area (TPSA) is 15.8 Å². The van der Waals surface area contributed by atoms with Gasteiger partial charge in [0.05, 0.1) is 0 Å². The van der Waals surface area contributed by atoms with Crippen LogP contribution in [0.2, 0.25) is 0 Å². The molecule has 1 aliphatic carbocycles. The lowest BCUT2D eigenvalue weighted by Gasteiger charge is -2.24. The molecule has 0 amide bonds. The summed E-state index contributed by atoms with van der Waals surface area (Å²) in [6.07, 6.45) is 2.54. The minimum Gasteiger partial charge on any atom is -0.358 e. The van der Waals surface area contributed by atoms with Crippen molar-refractivity contribution < 1.29 is 0 Å². The van der Waals surface area contributed by atoms with E-state index in [1.807, 2.05) is 0 Å². The molecule has 2 unspecified atom stereocenters. The zero-order chi connectivity index (χ0) is 12.2. The molecule has 0 bridgehead atoms. The van der Waals surface area contributed by atoms with Gasteiger partial charge >= 0.3 is 0 Å². The molecule has 0 aliphatic heterocycles. The van der Waals surface area contributed by atoms with Gasteiger partial charge in [-0.3, -0.25) is 0 Å². The summed E-state index contributed by atoms with van der Waals surface area (Å²) in [7, 11) is 0. The van der Waals surface area contributed by atoms with Crippen molar-refractivity contribution in [3.8, 4) is 0 Å². The number of hydrogen-bond donors (Lipinski definition) is 1. The number of hydrogen-bond acceptors (Lipinski definition) is 0. The molecule has 0 saturated carbocycles. The summed E-state index contributed by atoms with van der Waals surface area (Å²) in [5.74, 6) is 1.51. The standard InChI is InChI=1S/C16H21N/c1-9-7-12(4)14-13(8-9)17-16-11(3)6-5-10(2)15(14)16/h5-6,9,12,17H,7-8H2,1-4H3. The molecular formula is C16H21N. The summed E-state index contributed by atoms with van der Waals surface area (Å²) in [5.41, 5.74) is 7.25. The minimum atomic E-state index is 0.697. The normalized spacial score (nSPS) is 24.0. The Bertz CT molecular complexity index is 577. The number of benzene rings is 1. The van der Waals surface area contributed by atoms with Gasteiger partial charge in [-0.2, -0.15) is 0 Å². The Morgan fingerprint density at radius 2 is 1.82 bits per heavy atom. The van der Waals surface area contributed by atoms with Gasteiger partial charge in [0.1, 0.15) is 0 Å². The fourth-order valence-corrected chi connectivity index (χ4v) is 3.55. The average Bonchev–Trinajstić information content (AvgIpc) is 2.64. The van der Waals surface area contributed by atoms with E-state index < -0.39 is 0 Å². The lowest BCUT2D eigenvalue weighted by Crippen LogP contribution is -2.13. The third-order valence-corrected chi connectivity index (χ3v) is 4.29. The van der Waals surface area contributed by atoms with Gasteiger partial charge in [0, 0.05) is 16.6 Å². The zero-order valence-corrected chi connectivity index (χ0v) is 11.2. The number of aromatic amines is 1. The van der Waals surface area contributed by atoms with E-state index in [0.717, 1.165) is 5.92 Å².